The van der Waals surface area contributed by atoms with Gasteiger partial charge in [-0.15, -0.1) is 0 Å². The fourth-order valence-electron chi connectivity index (χ4n) is 2.43. The molecule has 2 aromatic carbocycles. The summed E-state index contributed by atoms with van der Waals surface area (Å²) in [6.45, 7) is 0.744. The Morgan fingerprint density at radius 2 is 2.08 bits per heavy atom. The minimum Gasteiger partial charge on any atom is -0.489 e. The summed E-state index contributed by atoms with van der Waals surface area (Å²) in [6, 6.07) is 14.6. The Hall–Kier alpha value is -2.31. The van der Waals surface area contributed by atoms with Gasteiger partial charge in [-0.3, -0.25) is 9.48 Å². The van der Waals surface area contributed by atoms with Crippen molar-refractivity contribution in [3.63, 3.8) is 0 Å². The number of halogens is 2. The van der Waals surface area contributed by atoms with Crippen LogP contribution < -0.4 is 10.1 Å². The fraction of sp³-hybridized carbons (Fsp3) is 0.158. The van der Waals surface area contributed by atoms with Crippen LogP contribution in [0.25, 0.3) is 0 Å². The number of aryl methyl sites for hydroxylation is 1. The first-order valence-corrected chi connectivity index (χ1v) is 9.12. The van der Waals surface area contributed by atoms with E-state index < -0.39 is 0 Å². The van der Waals surface area contributed by atoms with Crippen LogP contribution in [-0.2, 0) is 20.2 Å². The van der Waals surface area contributed by atoms with Gasteiger partial charge in [-0.1, -0.05) is 29.8 Å². The minimum absolute atomic E-state index is 0.150. The zero-order valence-electron chi connectivity index (χ0n) is 14.1. The van der Waals surface area contributed by atoms with Crippen LogP contribution in [0.1, 0.15) is 21.6 Å². The van der Waals surface area contributed by atoms with E-state index in [0.717, 1.165) is 15.7 Å². The van der Waals surface area contributed by atoms with Gasteiger partial charge in [0.15, 0.2) is 0 Å². The topological polar surface area (TPSA) is 56.2 Å². The Balaban J connectivity index is 1.62. The summed E-state index contributed by atoms with van der Waals surface area (Å²) >= 11 is 9.37. The first kappa shape index (κ1) is 18.5. The molecule has 0 aliphatic rings. The van der Waals surface area contributed by atoms with Gasteiger partial charge in [0.05, 0.1) is 22.9 Å². The second-order valence-corrected chi connectivity index (χ2v) is 6.98. The number of hydrogen-bond acceptors (Lipinski definition) is 3. The summed E-state index contributed by atoms with van der Waals surface area (Å²) in [5.74, 6) is 0.538. The van der Waals surface area contributed by atoms with Gasteiger partial charge in [-0.25, -0.2) is 0 Å². The van der Waals surface area contributed by atoms with E-state index in [9.17, 15) is 4.79 Å². The number of benzene rings is 2. The van der Waals surface area contributed by atoms with Crippen molar-refractivity contribution in [2.24, 2.45) is 7.05 Å². The normalized spacial score (nSPS) is 10.6. The van der Waals surface area contributed by atoms with Crippen molar-refractivity contribution in [3.05, 3.63) is 81.0 Å². The molecule has 0 radical (unpaired) electrons. The van der Waals surface area contributed by atoms with Gasteiger partial charge in [0.2, 0.25) is 0 Å². The third kappa shape index (κ3) is 4.65. The average Bonchev–Trinajstić information content (AvgIpc) is 2.96. The van der Waals surface area contributed by atoms with Crippen LogP contribution in [0, 0.1) is 0 Å². The quantitative estimate of drug-likeness (QED) is 0.628. The summed E-state index contributed by atoms with van der Waals surface area (Å²) in [5.41, 5.74) is 2.38. The molecule has 0 aliphatic carbocycles. The Morgan fingerprint density at radius 3 is 2.81 bits per heavy atom. The second-order valence-electron chi connectivity index (χ2n) is 5.69. The highest BCUT2D eigenvalue weighted by molar-refractivity contribution is 9.10. The number of carbonyl (C=O) groups excluding carboxylic acids is 1. The largest absolute Gasteiger partial charge is 0.489 e. The summed E-state index contributed by atoms with van der Waals surface area (Å²) in [6.07, 6.45) is 1.70. The van der Waals surface area contributed by atoms with Gasteiger partial charge in [-0.2, -0.15) is 5.10 Å². The highest BCUT2D eigenvalue weighted by Crippen LogP contribution is 2.19. The van der Waals surface area contributed by atoms with Gasteiger partial charge in [0.1, 0.15) is 12.4 Å². The molecule has 3 rings (SSSR count). The van der Waals surface area contributed by atoms with Crippen molar-refractivity contribution in [2.75, 3.05) is 0 Å². The van der Waals surface area contributed by atoms with E-state index in [2.05, 4.69) is 26.3 Å². The molecule has 0 saturated carbocycles. The zero-order chi connectivity index (χ0) is 18.5. The summed E-state index contributed by atoms with van der Waals surface area (Å²) < 4.78 is 8.31. The van der Waals surface area contributed by atoms with E-state index in [1.54, 1.807) is 29.1 Å². The molecule has 1 amide bonds. The number of ether oxygens (including phenoxy) is 1. The molecule has 0 saturated heterocycles. The molecule has 5 nitrogen and oxygen atoms in total. The molecule has 134 valence electrons. The SMILES string of the molecule is Cn1ncc(Br)c1CNC(=O)c1cccc(COc2cccc(Cl)c2)c1. The number of nitrogens with one attached hydrogen (secondary N) is 1. The Kier molecular flexibility index (Phi) is 5.96. The number of hydrogen-bond donors (Lipinski definition) is 1. The molecule has 0 aliphatic heterocycles. The fourth-order valence-corrected chi connectivity index (χ4v) is 3.10. The third-order valence-electron chi connectivity index (χ3n) is 3.82. The minimum atomic E-state index is -0.150. The smallest absolute Gasteiger partial charge is 0.251 e. The van der Waals surface area contributed by atoms with Crippen LogP contribution in [0.4, 0.5) is 0 Å². The van der Waals surface area contributed by atoms with Crippen molar-refractivity contribution in [1.82, 2.24) is 15.1 Å². The molecule has 26 heavy (non-hydrogen) atoms. The molecule has 1 heterocycles. The Labute approximate surface area is 165 Å². The lowest BCUT2D eigenvalue weighted by atomic mass is 10.1. The van der Waals surface area contributed by atoms with E-state index in [4.69, 9.17) is 16.3 Å². The summed E-state index contributed by atoms with van der Waals surface area (Å²) in [5, 5.41) is 7.66. The first-order valence-electron chi connectivity index (χ1n) is 7.95. The molecule has 3 aromatic rings. The molecule has 0 atom stereocenters. The lowest BCUT2D eigenvalue weighted by Gasteiger charge is -2.09. The Bertz CT molecular complexity index is 907. The third-order valence-corrected chi connectivity index (χ3v) is 4.72. The van der Waals surface area contributed by atoms with Crippen LogP contribution in [0.3, 0.4) is 0 Å². The maximum absolute atomic E-state index is 12.4. The standard InChI is InChI=1S/C19H17BrClN3O2/c1-24-18(17(20)10-23-24)11-22-19(25)14-5-2-4-13(8-14)12-26-16-7-3-6-15(21)9-16/h2-10H,11-12H2,1H3,(H,22,25). The van der Waals surface area contributed by atoms with Gasteiger partial charge in [0.25, 0.3) is 5.91 Å². The summed E-state index contributed by atoms with van der Waals surface area (Å²) in [4.78, 5) is 12.4. The predicted octanol–water partition coefficient (Wildman–Crippen LogP) is 4.35. The number of rotatable bonds is 6. The predicted molar refractivity (Wildman–Crippen MR) is 104 cm³/mol. The monoisotopic (exact) mass is 433 g/mol. The Morgan fingerprint density at radius 1 is 1.27 bits per heavy atom. The molecular weight excluding hydrogens is 418 g/mol. The molecule has 7 heteroatoms. The van der Waals surface area contributed by atoms with E-state index in [1.807, 2.05) is 37.4 Å². The highest BCUT2D eigenvalue weighted by Gasteiger charge is 2.10. The lowest BCUT2D eigenvalue weighted by molar-refractivity contribution is 0.0950. The van der Waals surface area contributed by atoms with Crippen molar-refractivity contribution in [1.29, 1.82) is 0 Å². The van der Waals surface area contributed by atoms with E-state index in [0.29, 0.717) is 29.5 Å². The van der Waals surface area contributed by atoms with Crippen LogP contribution in [-0.4, -0.2) is 15.7 Å². The summed E-state index contributed by atoms with van der Waals surface area (Å²) in [7, 11) is 1.83. The van der Waals surface area contributed by atoms with E-state index in [-0.39, 0.29) is 5.91 Å². The second kappa shape index (κ2) is 8.38. The average molecular weight is 435 g/mol. The first-order chi connectivity index (χ1) is 12.5. The highest BCUT2D eigenvalue weighted by atomic mass is 79.9. The lowest BCUT2D eigenvalue weighted by Crippen LogP contribution is -2.24. The van der Waals surface area contributed by atoms with Crippen LogP contribution in [0.15, 0.2) is 59.2 Å². The maximum atomic E-state index is 12.4. The van der Waals surface area contributed by atoms with Crippen molar-refractivity contribution in [2.45, 2.75) is 13.2 Å². The van der Waals surface area contributed by atoms with Crippen LogP contribution in [0.2, 0.25) is 5.02 Å². The van der Waals surface area contributed by atoms with Crippen LogP contribution >= 0.6 is 27.5 Å². The molecular formula is C19H17BrClN3O2. The van der Waals surface area contributed by atoms with E-state index in [1.165, 1.54) is 0 Å². The zero-order valence-corrected chi connectivity index (χ0v) is 16.4. The molecule has 0 bridgehead atoms. The van der Waals surface area contributed by atoms with Gasteiger partial charge >= 0.3 is 0 Å². The van der Waals surface area contributed by atoms with Crippen LogP contribution in [0.5, 0.6) is 5.75 Å². The number of nitrogens with zero attached hydrogens (tertiary/aromatic N) is 2. The van der Waals surface area contributed by atoms with Gasteiger partial charge < -0.3 is 10.1 Å². The van der Waals surface area contributed by atoms with Crippen molar-refractivity contribution >= 4 is 33.4 Å². The van der Waals surface area contributed by atoms with Gasteiger partial charge in [0, 0.05) is 17.6 Å². The number of aromatic nitrogens is 2. The molecule has 1 aromatic heterocycles. The number of amides is 1. The van der Waals surface area contributed by atoms with Crippen molar-refractivity contribution < 1.29 is 9.53 Å². The number of carbonyl (C=O) groups is 1. The molecule has 0 unspecified atom stereocenters. The maximum Gasteiger partial charge on any atom is 0.251 e. The van der Waals surface area contributed by atoms with Crippen molar-refractivity contribution in [3.8, 4) is 5.75 Å². The molecule has 1 N–H and O–H groups in total. The molecule has 0 fully saturated rings. The van der Waals surface area contributed by atoms with E-state index >= 15 is 0 Å². The van der Waals surface area contributed by atoms with Gasteiger partial charge in [-0.05, 0) is 51.8 Å². The molecule has 0 spiro atoms.